The molecule has 23 heavy (non-hydrogen) atoms. The number of hydrogen-bond donors (Lipinski definition) is 0. The largest absolute Gasteiger partial charge is 0.462 e. The topological polar surface area (TPSA) is 47.4 Å². The molecule has 0 aliphatic rings. The van der Waals surface area contributed by atoms with Crippen LogP contribution in [-0.2, 0) is 18.0 Å². The molecule has 2 heterocycles. The predicted molar refractivity (Wildman–Crippen MR) is 86.6 cm³/mol. The molecule has 0 aromatic carbocycles. The number of nitrogens with zero attached hydrogens (tertiary/aromatic N) is 3. The Hall–Kier alpha value is -1.32. The highest BCUT2D eigenvalue weighted by Gasteiger charge is 2.25. The Morgan fingerprint density at radius 1 is 1.57 bits per heavy atom. The summed E-state index contributed by atoms with van der Waals surface area (Å²) in [6, 6.07) is 1.97. The minimum absolute atomic E-state index is 0.125. The Bertz CT molecular complexity index is 675. The Morgan fingerprint density at radius 2 is 2.30 bits per heavy atom. The van der Waals surface area contributed by atoms with E-state index >= 15 is 0 Å². The molecule has 2 aromatic heterocycles. The van der Waals surface area contributed by atoms with E-state index in [1.54, 1.807) is 25.3 Å². The second-order valence-corrected chi connectivity index (χ2v) is 7.17. The highest BCUT2D eigenvalue weighted by molar-refractivity contribution is 9.11. The fourth-order valence-corrected chi connectivity index (χ4v) is 3.32. The molecule has 2 rings (SSSR count). The van der Waals surface area contributed by atoms with Crippen molar-refractivity contribution in [1.82, 2.24) is 14.7 Å². The highest BCUT2D eigenvalue weighted by Crippen LogP contribution is 2.25. The summed E-state index contributed by atoms with van der Waals surface area (Å²) < 4.78 is 33.6. The number of carbonyl (C=O) groups is 1. The van der Waals surface area contributed by atoms with Crippen LogP contribution in [0.2, 0.25) is 0 Å². The van der Waals surface area contributed by atoms with E-state index in [4.69, 9.17) is 4.74 Å². The number of carbonyl (C=O) groups excluding carboxylic acids is 1. The van der Waals surface area contributed by atoms with Crippen LogP contribution in [0.25, 0.3) is 0 Å². The first kappa shape index (κ1) is 18.0. The lowest BCUT2D eigenvalue weighted by Crippen LogP contribution is -2.24. The highest BCUT2D eigenvalue weighted by atomic mass is 79.9. The lowest BCUT2D eigenvalue weighted by Gasteiger charge is -2.18. The van der Waals surface area contributed by atoms with Crippen LogP contribution in [0.1, 0.15) is 35.0 Å². The van der Waals surface area contributed by atoms with Crippen molar-refractivity contribution in [3.05, 3.63) is 38.3 Å². The van der Waals surface area contributed by atoms with Gasteiger partial charge in [0.15, 0.2) is 0 Å². The quantitative estimate of drug-likeness (QED) is 0.652. The van der Waals surface area contributed by atoms with Gasteiger partial charge >= 0.3 is 5.97 Å². The zero-order valence-corrected chi connectivity index (χ0v) is 15.0. The molecule has 0 saturated carbocycles. The first-order chi connectivity index (χ1) is 10.9. The van der Waals surface area contributed by atoms with Gasteiger partial charge in [-0.25, -0.2) is 18.3 Å². The zero-order chi connectivity index (χ0) is 17.0. The van der Waals surface area contributed by atoms with Crippen LogP contribution in [0, 0.1) is 0 Å². The number of hydrogen-bond acceptors (Lipinski definition) is 5. The summed E-state index contributed by atoms with van der Waals surface area (Å²) in [6.07, 6.45) is -1.67. The summed E-state index contributed by atoms with van der Waals surface area (Å²) in [7, 11) is 1.80. The smallest absolute Gasteiger partial charge is 0.341 e. The van der Waals surface area contributed by atoms with Crippen molar-refractivity contribution < 1.29 is 18.3 Å². The van der Waals surface area contributed by atoms with Crippen LogP contribution in [0.15, 0.2) is 21.4 Å². The predicted octanol–water partition coefficient (Wildman–Crippen LogP) is 3.91. The summed E-state index contributed by atoms with van der Waals surface area (Å²) in [5, 5.41) is 5.90. The van der Waals surface area contributed by atoms with E-state index in [1.807, 2.05) is 16.3 Å². The third kappa shape index (κ3) is 4.58. The molecule has 2 aromatic rings. The van der Waals surface area contributed by atoms with Crippen LogP contribution in [0.4, 0.5) is 8.78 Å². The van der Waals surface area contributed by atoms with Gasteiger partial charge in [-0.1, -0.05) is 0 Å². The molecule has 0 radical (unpaired) electrons. The molecular formula is C14H16BrF2N3O2S. The number of esters is 1. The third-order valence-corrected chi connectivity index (χ3v) is 4.59. The molecule has 0 bridgehead atoms. The Labute approximate surface area is 145 Å². The monoisotopic (exact) mass is 407 g/mol. The Kier molecular flexibility index (Phi) is 6.25. The van der Waals surface area contributed by atoms with Gasteiger partial charge < -0.3 is 4.74 Å². The van der Waals surface area contributed by atoms with E-state index in [1.165, 1.54) is 0 Å². The van der Waals surface area contributed by atoms with Gasteiger partial charge in [-0.3, -0.25) is 4.90 Å². The summed E-state index contributed by atoms with van der Waals surface area (Å²) >= 11 is 4.95. The van der Waals surface area contributed by atoms with E-state index in [0.717, 1.165) is 20.2 Å². The summed E-state index contributed by atoms with van der Waals surface area (Å²) in [5.74, 6) is -0.779. The molecule has 0 unspecified atom stereocenters. The fourth-order valence-electron chi connectivity index (χ4n) is 2.12. The summed E-state index contributed by atoms with van der Waals surface area (Å²) in [4.78, 5) is 13.6. The Morgan fingerprint density at radius 3 is 2.87 bits per heavy atom. The van der Waals surface area contributed by atoms with E-state index in [9.17, 15) is 13.6 Å². The molecule has 5 nitrogen and oxygen atoms in total. The van der Waals surface area contributed by atoms with E-state index in [-0.39, 0.29) is 18.8 Å². The van der Waals surface area contributed by atoms with Crippen LogP contribution in [0.5, 0.6) is 0 Å². The van der Waals surface area contributed by atoms with Crippen molar-refractivity contribution in [3.8, 4) is 0 Å². The third-order valence-electron chi connectivity index (χ3n) is 3.03. The zero-order valence-electron chi connectivity index (χ0n) is 12.6. The van der Waals surface area contributed by atoms with Gasteiger partial charge in [0, 0.05) is 6.54 Å². The number of aromatic nitrogens is 2. The van der Waals surface area contributed by atoms with Crippen LogP contribution >= 0.6 is 27.3 Å². The van der Waals surface area contributed by atoms with Crippen molar-refractivity contribution in [2.45, 2.75) is 26.6 Å². The van der Waals surface area contributed by atoms with Crippen LogP contribution < -0.4 is 0 Å². The maximum atomic E-state index is 13.3. The first-order valence-electron chi connectivity index (χ1n) is 6.84. The maximum absolute atomic E-state index is 13.3. The van der Waals surface area contributed by atoms with Gasteiger partial charge in [0.1, 0.15) is 11.3 Å². The average molecular weight is 408 g/mol. The van der Waals surface area contributed by atoms with Crippen molar-refractivity contribution in [2.24, 2.45) is 0 Å². The molecule has 0 spiro atoms. The van der Waals surface area contributed by atoms with Gasteiger partial charge in [0.05, 0.1) is 23.3 Å². The summed E-state index contributed by atoms with van der Waals surface area (Å²) in [6.45, 7) is 2.47. The van der Waals surface area contributed by atoms with Gasteiger partial charge in [0.2, 0.25) is 0 Å². The average Bonchev–Trinajstić information content (AvgIpc) is 3.05. The molecule has 0 aliphatic heterocycles. The second kappa shape index (κ2) is 7.98. The van der Waals surface area contributed by atoms with Crippen molar-refractivity contribution in [1.29, 1.82) is 0 Å². The molecular weight excluding hydrogens is 392 g/mol. The minimum Gasteiger partial charge on any atom is -0.462 e. The molecule has 0 atom stereocenters. The molecule has 0 amide bonds. The lowest BCUT2D eigenvalue weighted by molar-refractivity contribution is 0.0512. The molecule has 0 aliphatic carbocycles. The van der Waals surface area contributed by atoms with Gasteiger partial charge in [-0.05, 0) is 46.9 Å². The number of halogens is 3. The van der Waals surface area contributed by atoms with Gasteiger partial charge in [0.25, 0.3) is 6.43 Å². The molecule has 0 N–H and O–H groups in total. The number of thiophene rings is 1. The molecule has 9 heteroatoms. The SMILES string of the molecule is CCOC(=O)c1cnn(CN(C)Cc2csc(Br)c2)c1C(F)F. The maximum Gasteiger partial charge on any atom is 0.341 e. The molecule has 0 saturated heterocycles. The number of rotatable bonds is 7. The molecule has 0 fully saturated rings. The Balaban J connectivity index is 2.14. The van der Waals surface area contributed by atoms with E-state index in [0.29, 0.717) is 6.54 Å². The second-order valence-electron chi connectivity index (χ2n) is 4.88. The first-order valence-corrected chi connectivity index (χ1v) is 8.52. The van der Waals surface area contributed by atoms with E-state index < -0.39 is 18.1 Å². The standard InChI is InChI=1S/C14H16BrF2N3O2S/c1-3-22-14(21)10-5-18-20(12(10)13(16)17)8-19(2)6-9-4-11(15)23-7-9/h4-5,7,13H,3,6,8H2,1-2H3. The van der Waals surface area contributed by atoms with E-state index in [2.05, 4.69) is 21.0 Å². The van der Waals surface area contributed by atoms with Crippen molar-refractivity contribution >= 4 is 33.2 Å². The number of alkyl halides is 2. The van der Waals surface area contributed by atoms with Crippen LogP contribution in [0.3, 0.4) is 0 Å². The van der Waals surface area contributed by atoms with Crippen molar-refractivity contribution in [3.63, 3.8) is 0 Å². The normalized spacial score (nSPS) is 11.4. The fraction of sp³-hybridized carbons (Fsp3) is 0.429. The molecule has 126 valence electrons. The minimum atomic E-state index is -2.81. The van der Waals surface area contributed by atoms with Gasteiger partial charge in [-0.15, -0.1) is 11.3 Å². The van der Waals surface area contributed by atoms with Gasteiger partial charge in [-0.2, -0.15) is 5.10 Å². The summed E-state index contributed by atoms with van der Waals surface area (Å²) in [5.41, 5.74) is 0.469. The van der Waals surface area contributed by atoms with Crippen molar-refractivity contribution in [2.75, 3.05) is 13.7 Å². The van der Waals surface area contributed by atoms with Crippen LogP contribution in [-0.4, -0.2) is 34.3 Å². The lowest BCUT2D eigenvalue weighted by atomic mass is 10.2. The number of ether oxygens (including phenoxy) is 1.